The fourth-order valence-electron chi connectivity index (χ4n) is 2.56. The summed E-state index contributed by atoms with van der Waals surface area (Å²) in [6, 6.07) is 16.3. The number of benzene rings is 2. The van der Waals surface area contributed by atoms with E-state index in [0.29, 0.717) is 12.3 Å². The molecule has 0 aliphatic heterocycles. The van der Waals surface area contributed by atoms with E-state index >= 15 is 0 Å². The third kappa shape index (κ3) is 4.95. The van der Waals surface area contributed by atoms with E-state index < -0.39 is 0 Å². The van der Waals surface area contributed by atoms with Gasteiger partial charge in [0.1, 0.15) is 0 Å². The molecule has 1 heterocycles. The molecule has 1 amide bonds. The van der Waals surface area contributed by atoms with E-state index in [1.165, 1.54) is 10.5 Å². The van der Waals surface area contributed by atoms with Crippen LogP contribution in [0, 0.1) is 13.8 Å². The lowest BCUT2D eigenvalue weighted by atomic mass is 10.1. The van der Waals surface area contributed by atoms with Crippen molar-refractivity contribution in [1.29, 1.82) is 0 Å². The molecular formula is C20H21N3O2S. The SMILES string of the molecule is Cc1ccc(-c2nnc(NC(=O)CCCSc3ccccc3)o2)c(C)c1. The molecule has 0 aliphatic carbocycles. The van der Waals surface area contributed by atoms with Crippen LogP contribution in [0.5, 0.6) is 0 Å². The molecule has 1 N–H and O–H groups in total. The van der Waals surface area contributed by atoms with Crippen molar-refractivity contribution in [2.75, 3.05) is 11.1 Å². The predicted octanol–water partition coefficient (Wildman–Crippen LogP) is 4.86. The Morgan fingerprint density at radius 1 is 1.12 bits per heavy atom. The molecule has 2 aromatic carbocycles. The second-order valence-electron chi connectivity index (χ2n) is 6.04. The summed E-state index contributed by atoms with van der Waals surface area (Å²) in [7, 11) is 0. The second kappa shape index (κ2) is 8.67. The lowest BCUT2D eigenvalue weighted by Crippen LogP contribution is -2.11. The summed E-state index contributed by atoms with van der Waals surface area (Å²) < 4.78 is 5.58. The number of hydrogen-bond acceptors (Lipinski definition) is 5. The van der Waals surface area contributed by atoms with E-state index in [1.54, 1.807) is 11.8 Å². The maximum Gasteiger partial charge on any atom is 0.322 e. The number of carbonyl (C=O) groups is 1. The molecule has 5 nitrogen and oxygen atoms in total. The fraction of sp³-hybridized carbons (Fsp3) is 0.250. The van der Waals surface area contributed by atoms with Crippen LogP contribution in [0.25, 0.3) is 11.5 Å². The molecule has 3 aromatic rings. The van der Waals surface area contributed by atoms with Crippen LogP contribution in [0.4, 0.5) is 6.01 Å². The van der Waals surface area contributed by atoms with Gasteiger partial charge in [-0.15, -0.1) is 16.9 Å². The van der Waals surface area contributed by atoms with Gasteiger partial charge >= 0.3 is 6.01 Å². The lowest BCUT2D eigenvalue weighted by Gasteiger charge is -2.03. The highest BCUT2D eigenvalue weighted by molar-refractivity contribution is 7.99. The van der Waals surface area contributed by atoms with Crippen LogP contribution in [0.2, 0.25) is 0 Å². The number of thioether (sulfide) groups is 1. The van der Waals surface area contributed by atoms with Gasteiger partial charge in [0, 0.05) is 16.9 Å². The number of hydrogen-bond donors (Lipinski definition) is 1. The van der Waals surface area contributed by atoms with Crippen LogP contribution < -0.4 is 5.32 Å². The van der Waals surface area contributed by atoms with Crippen LogP contribution in [0.15, 0.2) is 57.8 Å². The van der Waals surface area contributed by atoms with Gasteiger partial charge in [-0.3, -0.25) is 10.1 Å². The van der Waals surface area contributed by atoms with Gasteiger partial charge in [0.2, 0.25) is 11.8 Å². The highest BCUT2D eigenvalue weighted by Gasteiger charge is 2.13. The molecule has 0 bridgehead atoms. The van der Waals surface area contributed by atoms with Gasteiger partial charge < -0.3 is 4.42 Å². The van der Waals surface area contributed by atoms with Gasteiger partial charge in [-0.25, -0.2) is 0 Å². The second-order valence-corrected chi connectivity index (χ2v) is 7.21. The van der Waals surface area contributed by atoms with Crippen LogP contribution in [-0.2, 0) is 4.79 Å². The van der Waals surface area contributed by atoms with Gasteiger partial charge in [-0.2, -0.15) is 0 Å². The van der Waals surface area contributed by atoms with Crippen molar-refractivity contribution < 1.29 is 9.21 Å². The van der Waals surface area contributed by atoms with Crippen molar-refractivity contribution in [3.63, 3.8) is 0 Å². The highest BCUT2D eigenvalue weighted by atomic mass is 32.2. The highest BCUT2D eigenvalue weighted by Crippen LogP contribution is 2.24. The summed E-state index contributed by atoms with van der Waals surface area (Å²) in [5.41, 5.74) is 3.11. The molecular weight excluding hydrogens is 346 g/mol. The summed E-state index contributed by atoms with van der Waals surface area (Å²) in [6.45, 7) is 4.03. The Hall–Kier alpha value is -2.60. The van der Waals surface area contributed by atoms with E-state index in [9.17, 15) is 4.79 Å². The van der Waals surface area contributed by atoms with Crippen molar-refractivity contribution in [3.8, 4) is 11.5 Å². The smallest absolute Gasteiger partial charge is 0.322 e. The van der Waals surface area contributed by atoms with Crippen LogP contribution >= 0.6 is 11.8 Å². The van der Waals surface area contributed by atoms with Gasteiger partial charge in [-0.1, -0.05) is 41.0 Å². The van der Waals surface area contributed by atoms with E-state index in [1.807, 2.05) is 44.2 Å². The van der Waals surface area contributed by atoms with Gasteiger partial charge in [0.15, 0.2) is 0 Å². The van der Waals surface area contributed by atoms with Gasteiger partial charge in [0.25, 0.3) is 0 Å². The van der Waals surface area contributed by atoms with Crippen LogP contribution in [0.3, 0.4) is 0 Å². The quantitative estimate of drug-likeness (QED) is 0.477. The first-order valence-electron chi connectivity index (χ1n) is 8.50. The monoisotopic (exact) mass is 367 g/mol. The molecule has 0 spiro atoms. The largest absolute Gasteiger partial charge is 0.403 e. The number of anilines is 1. The number of nitrogens with zero attached hydrogens (tertiary/aromatic N) is 2. The molecule has 0 atom stereocenters. The number of carbonyl (C=O) groups excluding carboxylic acids is 1. The number of rotatable bonds is 7. The van der Waals surface area contributed by atoms with E-state index in [0.717, 1.165) is 23.3 Å². The van der Waals surface area contributed by atoms with Crippen LogP contribution in [-0.4, -0.2) is 21.9 Å². The average Bonchev–Trinajstić information content (AvgIpc) is 3.07. The minimum atomic E-state index is -0.116. The summed E-state index contributed by atoms with van der Waals surface area (Å²) in [5.74, 6) is 1.18. The van der Waals surface area contributed by atoms with Crippen molar-refractivity contribution in [1.82, 2.24) is 10.2 Å². The summed E-state index contributed by atoms with van der Waals surface area (Å²) in [6.07, 6.45) is 1.20. The number of nitrogens with one attached hydrogen (secondary N) is 1. The third-order valence-corrected chi connectivity index (χ3v) is 4.94. The summed E-state index contributed by atoms with van der Waals surface area (Å²) >= 11 is 1.74. The van der Waals surface area contributed by atoms with Gasteiger partial charge in [-0.05, 0) is 49.8 Å². The maximum atomic E-state index is 12.0. The fourth-order valence-corrected chi connectivity index (χ4v) is 3.43. The number of aryl methyl sites for hydroxylation is 2. The molecule has 0 saturated heterocycles. The Labute approximate surface area is 157 Å². The Kier molecular flexibility index (Phi) is 6.07. The zero-order valence-corrected chi connectivity index (χ0v) is 15.7. The minimum absolute atomic E-state index is 0.116. The molecule has 6 heteroatoms. The van der Waals surface area contributed by atoms with Crippen molar-refractivity contribution in [2.45, 2.75) is 31.6 Å². The van der Waals surface area contributed by atoms with Crippen molar-refractivity contribution >= 4 is 23.7 Å². The molecule has 0 fully saturated rings. The normalized spacial score (nSPS) is 10.7. The standard InChI is InChI=1S/C20H21N3O2S/c1-14-10-11-17(15(2)13-14)19-22-23-20(25-19)21-18(24)9-6-12-26-16-7-4-3-5-8-16/h3-5,7-8,10-11,13H,6,9,12H2,1-2H3,(H,21,23,24). The van der Waals surface area contributed by atoms with Crippen molar-refractivity contribution in [2.24, 2.45) is 0 Å². The predicted molar refractivity (Wildman–Crippen MR) is 104 cm³/mol. The molecule has 0 saturated carbocycles. The third-order valence-electron chi connectivity index (χ3n) is 3.84. The molecule has 26 heavy (non-hydrogen) atoms. The van der Waals surface area contributed by atoms with Gasteiger partial charge in [0.05, 0.1) is 0 Å². The molecule has 0 unspecified atom stereocenters. The lowest BCUT2D eigenvalue weighted by molar-refractivity contribution is -0.116. The summed E-state index contributed by atoms with van der Waals surface area (Å²) in [4.78, 5) is 13.2. The minimum Gasteiger partial charge on any atom is -0.403 e. The van der Waals surface area contributed by atoms with E-state index in [-0.39, 0.29) is 11.9 Å². The average molecular weight is 367 g/mol. The molecule has 0 aliphatic rings. The first-order chi connectivity index (χ1) is 12.6. The Bertz CT molecular complexity index is 878. The van der Waals surface area contributed by atoms with E-state index in [2.05, 4.69) is 33.7 Å². The topological polar surface area (TPSA) is 68.0 Å². The first kappa shape index (κ1) is 18.2. The Morgan fingerprint density at radius 2 is 1.92 bits per heavy atom. The first-order valence-corrected chi connectivity index (χ1v) is 9.49. The molecule has 3 rings (SSSR count). The number of amides is 1. The van der Waals surface area contributed by atoms with E-state index in [4.69, 9.17) is 4.42 Å². The Morgan fingerprint density at radius 3 is 2.69 bits per heavy atom. The number of aromatic nitrogens is 2. The van der Waals surface area contributed by atoms with Crippen LogP contribution in [0.1, 0.15) is 24.0 Å². The molecule has 134 valence electrons. The Balaban J connectivity index is 1.48. The molecule has 1 aromatic heterocycles. The maximum absolute atomic E-state index is 12.0. The zero-order chi connectivity index (χ0) is 18.4. The summed E-state index contributed by atoms with van der Waals surface area (Å²) in [5, 5.41) is 10.6. The molecule has 0 radical (unpaired) electrons. The zero-order valence-electron chi connectivity index (χ0n) is 14.9. The van der Waals surface area contributed by atoms with Crippen molar-refractivity contribution in [3.05, 3.63) is 59.7 Å².